The lowest BCUT2D eigenvalue weighted by Gasteiger charge is -2.38. The number of benzene rings is 1. The van der Waals surface area contributed by atoms with Crippen LogP contribution in [-0.2, 0) is 0 Å². The first-order valence-electron chi connectivity index (χ1n) is 6.02. The van der Waals surface area contributed by atoms with E-state index in [0.29, 0.717) is 0 Å². The van der Waals surface area contributed by atoms with Crippen LogP contribution in [0.3, 0.4) is 0 Å². The Labute approximate surface area is 103 Å². The Morgan fingerprint density at radius 1 is 1.47 bits per heavy atom. The Balaban J connectivity index is 2.30. The second kappa shape index (κ2) is 4.43. The molecule has 1 aromatic carbocycles. The van der Waals surface area contributed by atoms with E-state index in [1.165, 1.54) is 5.56 Å². The zero-order valence-electron chi connectivity index (χ0n) is 10.7. The lowest BCUT2D eigenvalue weighted by Crippen LogP contribution is -2.41. The normalized spacial score (nSPS) is 23.1. The summed E-state index contributed by atoms with van der Waals surface area (Å²) in [5, 5.41) is 3.46. The Morgan fingerprint density at radius 2 is 2.18 bits per heavy atom. The first-order chi connectivity index (χ1) is 8.02. The lowest BCUT2D eigenvalue weighted by molar-refractivity contribution is 0.0653. The molecule has 17 heavy (non-hydrogen) atoms. The third-order valence-corrected chi connectivity index (χ3v) is 3.08. The molecule has 0 aromatic heterocycles. The highest BCUT2D eigenvalue weighted by atomic mass is 16.5. The van der Waals surface area contributed by atoms with Gasteiger partial charge in [0, 0.05) is 18.0 Å². The quantitative estimate of drug-likeness (QED) is 0.787. The molecule has 90 valence electrons. The van der Waals surface area contributed by atoms with Crippen LogP contribution in [0.4, 0.5) is 0 Å². The van der Waals surface area contributed by atoms with Crippen LogP contribution in [0, 0.1) is 12.3 Å². The average molecular weight is 229 g/mol. The fraction of sp³-hybridized carbons (Fsp3) is 0.467. The van der Waals surface area contributed by atoms with E-state index in [-0.39, 0.29) is 17.7 Å². The molecule has 2 nitrogen and oxygen atoms in total. The molecule has 0 bridgehead atoms. The van der Waals surface area contributed by atoms with E-state index in [0.717, 1.165) is 12.2 Å². The summed E-state index contributed by atoms with van der Waals surface area (Å²) in [5.74, 6) is 3.68. The number of nitrogens with one attached hydrogen (secondary N) is 1. The maximum Gasteiger partial charge on any atom is 0.124 e. The molecule has 0 saturated heterocycles. The molecule has 1 heterocycles. The Hall–Kier alpha value is -1.46. The maximum absolute atomic E-state index is 5.97. The summed E-state index contributed by atoms with van der Waals surface area (Å²) >= 11 is 0. The van der Waals surface area contributed by atoms with Crippen molar-refractivity contribution in [2.24, 2.45) is 0 Å². The van der Waals surface area contributed by atoms with Gasteiger partial charge < -0.3 is 4.74 Å². The van der Waals surface area contributed by atoms with E-state index >= 15 is 0 Å². The predicted molar refractivity (Wildman–Crippen MR) is 69.9 cm³/mol. The van der Waals surface area contributed by atoms with E-state index in [4.69, 9.17) is 11.2 Å². The highest BCUT2D eigenvalue weighted by Gasteiger charge is 2.33. The van der Waals surface area contributed by atoms with Crippen LogP contribution in [0.25, 0.3) is 0 Å². The third kappa shape index (κ3) is 2.62. The molecular formula is C15H19NO. The molecule has 0 amide bonds. The molecule has 1 aromatic rings. The number of rotatable bonds is 2. The molecule has 1 N–H and O–H groups in total. The summed E-state index contributed by atoms with van der Waals surface area (Å²) in [4.78, 5) is 0. The minimum absolute atomic E-state index is 0.0713. The second-order valence-corrected chi connectivity index (χ2v) is 5.21. The zero-order valence-corrected chi connectivity index (χ0v) is 10.7. The van der Waals surface area contributed by atoms with Crippen LogP contribution in [0.2, 0.25) is 0 Å². The van der Waals surface area contributed by atoms with Gasteiger partial charge in [0.05, 0.1) is 6.04 Å². The average Bonchev–Trinajstić information content (AvgIpc) is 2.27. The van der Waals surface area contributed by atoms with Crippen molar-refractivity contribution in [2.75, 3.05) is 0 Å². The molecule has 0 saturated carbocycles. The van der Waals surface area contributed by atoms with E-state index in [1.807, 2.05) is 25.1 Å². The van der Waals surface area contributed by atoms with Gasteiger partial charge in [-0.3, -0.25) is 5.32 Å². The molecule has 0 fully saturated rings. The van der Waals surface area contributed by atoms with Gasteiger partial charge >= 0.3 is 0 Å². The minimum Gasteiger partial charge on any atom is -0.487 e. The summed E-state index contributed by atoms with van der Waals surface area (Å²) in [6, 6.07) is 8.50. The molecule has 2 unspecified atom stereocenters. The van der Waals surface area contributed by atoms with Crippen LogP contribution >= 0.6 is 0 Å². The zero-order chi connectivity index (χ0) is 12.5. The number of hydrogen-bond acceptors (Lipinski definition) is 2. The smallest absolute Gasteiger partial charge is 0.124 e. The summed E-state index contributed by atoms with van der Waals surface area (Å²) < 4.78 is 5.97. The summed E-state index contributed by atoms with van der Waals surface area (Å²) in [7, 11) is 0. The molecule has 2 atom stereocenters. The standard InChI is InChI=1S/C15H19NO/c1-5-11(2)16-13-10-15(3,4)17-14-9-7-6-8-12(13)14/h1,6-9,11,13,16H,10H2,2-4H3. The lowest BCUT2D eigenvalue weighted by atomic mass is 9.89. The number of fused-ring (bicyclic) bond motifs is 1. The largest absolute Gasteiger partial charge is 0.487 e. The SMILES string of the molecule is C#CC(C)NC1CC(C)(C)Oc2ccccc21. The van der Waals surface area contributed by atoms with Crippen molar-refractivity contribution < 1.29 is 4.74 Å². The molecule has 1 aliphatic heterocycles. The molecule has 1 aliphatic rings. The number of terminal acetylenes is 1. The molecule has 0 radical (unpaired) electrons. The van der Waals surface area contributed by atoms with Crippen molar-refractivity contribution in [3.8, 4) is 18.1 Å². The number of ether oxygens (including phenoxy) is 1. The van der Waals surface area contributed by atoms with Crippen molar-refractivity contribution >= 4 is 0 Å². The van der Waals surface area contributed by atoms with Crippen LogP contribution in [0.1, 0.15) is 38.8 Å². The first-order valence-corrected chi connectivity index (χ1v) is 6.02. The monoisotopic (exact) mass is 229 g/mol. The van der Waals surface area contributed by atoms with Crippen LogP contribution in [0.5, 0.6) is 5.75 Å². The van der Waals surface area contributed by atoms with Gasteiger partial charge in [-0.15, -0.1) is 6.42 Å². The van der Waals surface area contributed by atoms with Gasteiger partial charge in [-0.1, -0.05) is 24.1 Å². The summed E-state index contributed by atoms with van der Waals surface area (Å²) in [6.45, 7) is 6.22. The second-order valence-electron chi connectivity index (χ2n) is 5.21. The van der Waals surface area contributed by atoms with Gasteiger partial charge in [0.25, 0.3) is 0 Å². The van der Waals surface area contributed by atoms with Crippen molar-refractivity contribution in [1.82, 2.24) is 5.32 Å². The van der Waals surface area contributed by atoms with Gasteiger partial charge in [-0.25, -0.2) is 0 Å². The fourth-order valence-corrected chi connectivity index (χ4v) is 2.30. The molecule has 2 heteroatoms. The van der Waals surface area contributed by atoms with Crippen molar-refractivity contribution in [2.45, 2.75) is 44.9 Å². The van der Waals surface area contributed by atoms with Crippen molar-refractivity contribution in [3.63, 3.8) is 0 Å². The van der Waals surface area contributed by atoms with Gasteiger partial charge in [0.1, 0.15) is 11.4 Å². The van der Waals surface area contributed by atoms with Crippen LogP contribution < -0.4 is 10.1 Å². The van der Waals surface area contributed by atoms with E-state index < -0.39 is 0 Å². The Kier molecular flexibility index (Phi) is 3.13. The first kappa shape index (κ1) is 12.0. The van der Waals surface area contributed by atoms with Crippen LogP contribution in [0.15, 0.2) is 24.3 Å². The Bertz CT molecular complexity index is 444. The molecule has 0 aliphatic carbocycles. The van der Waals surface area contributed by atoms with E-state index in [2.05, 4.69) is 31.2 Å². The predicted octanol–water partition coefficient (Wildman–Crippen LogP) is 2.90. The van der Waals surface area contributed by atoms with Crippen molar-refractivity contribution in [1.29, 1.82) is 0 Å². The molecule has 0 spiro atoms. The highest BCUT2D eigenvalue weighted by molar-refractivity contribution is 5.38. The summed E-state index contributed by atoms with van der Waals surface area (Å²) in [6.07, 6.45) is 6.36. The molecular weight excluding hydrogens is 210 g/mol. The topological polar surface area (TPSA) is 21.3 Å². The van der Waals surface area contributed by atoms with Gasteiger partial charge in [-0.05, 0) is 26.8 Å². The van der Waals surface area contributed by atoms with Gasteiger partial charge in [-0.2, -0.15) is 0 Å². The van der Waals surface area contributed by atoms with E-state index in [9.17, 15) is 0 Å². The maximum atomic E-state index is 5.97. The van der Waals surface area contributed by atoms with E-state index in [1.54, 1.807) is 0 Å². The highest BCUT2D eigenvalue weighted by Crippen LogP contribution is 2.39. The third-order valence-electron chi connectivity index (χ3n) is 3.08. The van der Waals surface area contributed by atoms with Gasteiger partial charge in [0.2, 0.25) is 0 Å². The number of para-hydroxylation sites is 1. The molecule has 2 rings (SSSR count). The van der Waals surface area contributed by atoms with Crippen LogP contribution in [-0.4, -0.2) is 11.6 Å². The fourth-order valence-electron chi connectivity index (χ4n) is 2.30. The van der Waals surface area contributed by atoms with Crippen molar-refractivity contribution in [3.05, 3.63) is 29.8 Å². The number of hydrogen-bond donors (Lipinski definition) is 1. The Morgan fingerprint density at radius 3 is 2.88 bits per heavy atom. The van der Waals surface area contributed by atoms with Gasteiger partial charge in [0.15, 0.2) is 0 Å². The minimum atomic E-state index is -0.152. The summed E-state index contributed by atoms with van der Waals surface area (Å²) in [5.41, 5.74) is 1.05.